The van der Waals surface area contributed by atoms with Crippen LogP contribution in [0.4, 0.5) is 13.2 Å². The molecular formula is C17H15F3O. The first kappa shape index (κ1) is 15.3. The Labute approximate surface area is 121 Å². The zero-order valence-electron chi connectivity index (χ0n) is 12.0. The molecule has 1 nitrogen and oxygen atoms in total. The Bertz CT molecular complexity index is 676. The lowest BCUT2D eigenvalue weighted by Gasteiger charge is -2.12. The number of carbonyl (C=O) groups excluding carboxylic acids is 1. The second-order valence-corrected chi connectivity index (χ2v) is 5.18. The highest BCUT2D eigenvalue weighted by Gasteiger charge is 2.31. The fourth-order valence-electron chi connectivity index (χ4n) is 2.52. The monoisotopic (exact) mass is 292 g/mol. The molecule has 0 N–H and O–H groups in total. The van der Waals surface area contributed by atoms with E-state index < -0.39 is 11.7 Å². The van der Waals surface area contributed by atoms with Crippen LogP contribution in [0, 0.1) is 20.8 Å². The highest BCUT2D eigenvalue weighted by atomic mass is 19.4. The zero-order valence-corrected chi connectivity index (χ0v) is 12.0. The number of hydrogen-bond donors (Lipinski definition) is 0. The van der Waals surface area contributed by atoms with Crippen LogP contribution in [0.3, 0.4) is 0 Å². The molecule has 0 unspecified atom stereocenters. The lowest BCUT2D eigenvalue weighted by Crippen LogP contribution is -2.10. The molecule has 0 heterocycles. The topological polar surface area (TPSA) is 17.1 Å². The highest BCUT2D eigenvalue weighted by Crippen LogP contribution is 2.30. The number of hydrogen-bond acceptors (Lipinski definition) is 1. The summed E-state index contributed by atoms with van der Waals surface area (Å²) in [5.74, 6) is -0.379. The summed E-state index contributed by atoms with van der Waals surface area (Å²) in [7, 11) is 0. The molecule has 0 atom stereocenters. The first-order valence-corrected chi connectivity index (χ1v) is 6.50. The van der Waals surface area contributed by atoms with Gasteiger partial charge < -0.3 is 0 Å². The molecule has 0 amide bonds. The van der Waals surface area contributed by atoms with Crippen molar-refractivity contribution in [1.29, 1.82) is 0 Å². The largest absolute Gasteiger partial charge is 0.416 e. The molecule has 4 heteroatoms. The van der Waals surface area contributed by atoms with E-state index in [2.05, 4.69) is 0 Å². The molecule has 0 saturated heterocycles. The van der Waals surface area contributed by atoms with Crippen molar-refractivity contribution < 1.29 is 18.0 Å². The summed E-state index contributed by atoms with van der Waals surface area (Å²) in [4.78, 5) is 12.5. The van der Waals surface area contributed by atoms with Crippen LogP contribution in [0.5, 0.6) is 0 Å². The van der Waals surface area contributed by atoms with E-state index in [9.17, 15) is 18.0 Å². The van der Waals surface area contributed by atoms with Crippen LogP contribution in [-0.2, 0) is 6.18 Å². The third-order valence-corrected chi connectivity index (χ3v) is 3.36. The van der Waals surface area contributed by atoms with Gasteiger partial charge in [0.1, 0.15) is 0 Å². The summed E-state index contributed by atoms with van der Waals surface area (Å²) in [6.07, 6.45) is -4.45. The lowest BCUT2D eigenvalue weighted by molar-refractivity contribution is -0.137. The average Bonchev–Trinajstić information content (AvgIpc) is 2.36. The van der Waals surface area contributed by atoms with E-state index in [0.29, 0.717) is 5.56 Å². The fourth-order valence-corrected chi connectivity index (χ4v) is 2.52. The molecular weight excluding hydrogens is 277 g/mol. The fraction of sp³-hybridized carbons (Fsp3) is 0.235. The SMILES string of the molecule is Cc1cc(C)c(C(=O)c2cccc(C(F)(F)F)c2)c(C)c1. The van der Waals surface area contributed by atoms with Crippen LogP contribution in [-0.4, -0.2) is 5.78 Å². The molecule has 0 fully saturated rings. The average molecular weight is 292 g/mol. The first-order valence-electron chi connectivity index (χ1n) is 6.50. The molecule has 0 saturated carbocycles. The number of halogens is 3. The second-order valence-electron chi connectivity index (χ2n) is 5.18. The Kier molecular flexibility index (Phi) is 3.90. The third kappa shape index (κ3) is 3.15. The van der Waals surface area contributed by atoms with Crippen molar-refractivity contribution in [2.45, 2.75) is 26.9 Å². The van der Waals surface area contributed by atoms with Gasteiger partial charge in [0.05, 0.1) is 5.56 Å². The minimum Gasteiger partial charge on any atom is -0.289 e. The molecule has 110 valence electrons. The van der Waals surface area contributed by atoms with Gasteiger partial charge in [-0.15, -0.1) is 0 Å². The summed E-state index contributed by atoms with van der Waals surface area (Å²) >= 11 is 0. The Balaban J connectivity index is 2.51. The standard InChI is InChI=1S/C17H15F3O/c1-10-7-11(2)15(12(3)8-10)16(21)13-5-4-6-14(9-13)17(18,19)20/h4-9H,1-3H3. The van der Waals surface area contributed by atoms with Crippen LogP contribution in [0.25, 0.3) is 0 Å². The van der Waals surface area contributed by atoms with Gasteiger partial charge in [-0.25, -0.2) is 0 Å². The van der Waals surface area contributed by atoms with Crippen LogP contribution in [0.1, 0.15) is 38.2 Å². The number of rotatable bonds is 2. The van der Waals surface area contributed by atoms with Crippen molar-refractivity contribution in [3.63, 3.8) is 0 Å². The predicted molar refractivity (Wildman–Crippen MR) is 75.5 cm³/mol. The maximum Gasteiger partial charge on any atom is 0.416 e. The molecule has 0 aromatic heterocycles. The molecule has 2 aromatic rings. The molecule has 0 aliphatic carbocycles. The summed E-state index contributed by atoms with van der Waals surface area (Å²) in [6.45, 7) is 5.50. The van der Waals surface area contributed by atoms with Crippen LogP contribution < -0.4 is 0 Å². The molecule has 0 bridgehead atoms. The molecule has 21 heavy (non-hydrogen) atoms. The number of ketones is 1. The van der Waals surface area contributed by atoms with Crippen LogP contribution >= 0.6 is 0 Å². The number of carbonyl (C=O) groups is 1. The van der Waals surface area contributed by atoms with Crippen molar-refractivity contribution in [3.8, 4) is 0 Å². The summed E-state index contributed by atoms with van der Waals surface area (Å²) in [5, 5.41) is 0. The molecule has 0 radical (unpaired) electrons. The Morgan fingerprint density at radius 3 is 2.05 bits per heavy atom. The van der Waals surface area contributed by atoms with Gasteiger partial charge in [-0.1, -0.05) is 29.8 Å². The van der Waals surface area contributed by atoms with E-state index in [4.69, 9.17) is 0 Å². The van der Waals surface area contributed by atoms with Gasteiger partial charge in [-0.3, -0.25) is 4.79 Å². The number of alkyl halides is 3. The Morgan fingerprint density at radius 2 is 1.52 bits per heavy atom. The van der Waals surface area contributed by atoms with Crippen LogP contribution in [0.15, 0.2) is 36.4 Å². The van der Waals surface area contributed by atoms with Gasteiger partial charge in [0.15, 0.2) is 5.78 Å². The molecule has 2 aromatic carbocycles. The number of benzene rings is 2. The quantitative estimate of drug-likeness (QED) is 0.722. The molecule has 0 spiro atoms. The Morgan fingerprint density at radius 1 is 0.952 bits per heavy atom. The normalized spacial score (nSPS) is 11.5. The van der Waals surface area contributed by atoms with Gasteiger partial charge in [0.2, 0.25) is 0 Å². The maximum absolute atomic E-state index is 12.7. The second kappa shape index (κ2) is 5.35. The smallest absolute Gasteiger partial charge is 0.289 e. The van der Waals surface area contributed by atoms with Crippen molar-refractivity contribution in [2.75, 3.05) is 0 Å². The summed E-state index contributed by atoms with van der Waals surface area (Å²) in [5.41, 5.74) is 2.28. The first-order chi connectivity index (χ1) is 9.70. The van der Waals surface area contributed by atoms with E-state index in [1.54, 1.807) is 13.8 Å². The maximum atomic E-state index is 12.7. The van der Waals surface area contributed by atoms with E-state index in [1.165, 1.54) is 12.1 Å². The van der Waals surface area contributed by atoms with Gasteiger partial charge in [0, 0.05) is 11.1 Å². The summed E-state index contributed by atoms with van der Waals surface area (Å²) < 4.78 is 38.2. The van der Waals surface area contributed by atoms with Crippen molar-refractivity contribution in [1.82, 2.24) is 0 Å². The van der Waals surface area contributed by atoms with Crippen molar-refractivity contribution in [2.24, 2.45) is 0 Å². The number of aryl methyl sites for hydroxylation is 3. The predicted octanol–water partition coefficient (Wildman–Crippen LogP) is 4.86. The van der Waals surface area contributed by atoms with E-state index in [1.807, 2.05) is 19.1 Å². The lowest BCUT2D eigenvalue weighted by atomic mass is 9.92. The highest BCUT2D eigenvalue weighted by molar-refractivity contribution is 6.10. The van der Waals surface area contributed by atoms with Gasteiger partial charge in [-0.2, -0.15) is 13.2 Å². The minimum atomic E-state index is -4.45. The zero-order chi connectivity index (χ0) is 15.8. The minimum absolute atomic E-state index is 0.0554. The van der Waals surface area contributed by atoms with Crippen molar-refractivity contribution in [3.05, 3.63) is 69.8 Å². The van der Waals surface area contributed by atoms with E-state index in [-0.39, 0.29) is 11.3 Å². The van der Waals surface area contributed by atoms with E-state index >= 15 is 0 Å². The van der Waals surface area contributed by atoms with E-state index in [0.717, 1.165) is 28.8 Å². The Hall–Kier alpha value is -2.10. The van der Waals surface area contributed by atoms with Crippen molar-refractivity contribution >= 4 is 5.78 Å². The molecule has 0 aliphatic rings. The third-order valence-electron chi connectivity index (χ3n) is 3.36. The van der Waals surface area contributed by atoms with Gasteiger partial charge in [0.25, 0.3) is 0 Å². The van der Waals surface area contributed by atoms with Gasteiger partial charge >= 0.3 is 6.18 Å². The molecule has 2 rings (SSSR count). The summed E-state index contributed by atoms with van der Waals surface area (Å²) in [6, 6.07) is 8.25. The van der Waals surface area contributed by atoms with Crippen LogP contribution in [0.2, 0.25) is 0 Å². The van der Waals surface area contributed by atoms with Gasteiger partial charge in [-0.05, 0) is 44.0 Å². The molecule has 0 aliphatic heterocycles.